The highest BCUT2D eigenvalue weighted by Gasteiger charge is 2.21. The lowest BCUT2D eigenvalue weighted by atomic mass is 9.87. The number of carbonyl (C=O) groups is 1. The van der Waals surface area contributed by atoms with Crippen LogP contribution in [-0.2, 0) is 0 Å². The lowest BCUT2D eigenvalue weighted by molar-refractivity contribution is 0.0918. The Hall–Kier alpha value is -1.91. The van der Waals surface area contributed by atoms with Crippen LogP contribution >= 0.6 is 0 Å². The molecule has 0 saturated heterocycles. The minimum atomic E-state index is -0.0925. The van der Waals surface area contributed by atoms with Gasteiger partial charge in [-0.2, -0.15) is 0 Å². The molecule has 5 nitrogen and oxygen atoms in total. The zero-order valence-electron chi connectivity index (χ0n) is 11.0. The summed E-state index contributed by atoms with van der Waals surface area (Å²) in [4.78, 5) is 20.5. The Kier molecular flexibility index (Phi) is 3.19. The first-order valence-electron chi connectivity index (χ1n) is 6.83. The van der Waals surface area contributed by atoms with Gasteiger partial charge in [0.25, 0.3) is 5.91 Å². The second-order valence-corrected chi connectivity index (χ2v) is 5.38. The lowest BCUT2D eigenvalue weighted by Gasteiger charge is -2.26. The van der Waals surface area contributed by atoms with Gasteiger partial charge >= 0.3 is 0 Å². The molecule has 0 aromatic carbocycles. The molecule has 3 rings (SSSR count). The fourth-order valence-electron chi connectivity index (χ4n) is 2.60. The van der Waals surface area contributed by atoms with Crippen molar-refractivity contribution >= 4 is 11.7 Å². The lowest BCUT2D eigenvalue weighted by Crippen LogP contribution is -2.37. The predicted molar refractivity (Wildman–Crippen MR) is 71.9 cm³/mol. The van der Waals surface area contributed by atoms with Crippen molar-refractivity contribution in [1.29, 1.82) is 0 Å². The van der Waals surface area contributed by atoms with E-state index in [0.29, 0.717) is 17.5 Å². The van der Waals surface area contributed by atoms with Crippen LogP contribution < -0.4 is 5.32 Å². The first kappa shape index (κ1) is 12.1. The molecule has 1 aliphatic carbocycles. The van der Waals surface area contributed by atoms with Gasteiger partial charge < -0.3 is 5.32 Å². The molecule has 2 aromatic rings. The average Bonchev–Trinajstić information content (AvgIpc) is 2.85. The molecule has 1 fully saturated rings. The van der Waals surface area contributed by atoms with Crippen LogP contribution in [0.2, 0.25) is 0 Å². The van der Waals surface area contributed by atoms with E-state index in [-0.39, 0.29) is 5.91 Å². The standard InChI is InChI=1S/C14H18N4O/c1-10-3-5-11(6-4-10)16-13(19)12-9-18-8-2-7-15-14(18)17-12/h2,7-11H,3-6H2,1H3,(H,16,19). The Bertz CT molecular complexity index is 551. The number of nitrogens with zero attached hydrogens (tertiary/aromatic N) is 3. The Labute approximate surface area is 112 Å². The van der Waals surface area contributed by atoms with Crippen molar-refractivity contribution < 1.29 is 4.79 Å². The van der Waals surface area contributed by atoms with Crippen LogP contribution in [-0.4, -0.2) is 26.3 Å². The van der Waals surface area contributed by atoms with Gasteiger partial charge in [0.2, 0.25) is 5.78 Å². The third-order valence-corrected chi connectivity index (χ3v) is 3.82. The first-order valence-corrected chi connectivity index (χ1v) is 6.83. The molecule has 2 heterocycles. The van der Waals surface area contributed by atoms with Crippen LogP contribution in [0.15, 0.2) is 24.7 Å². The van der Waals surface area contributed by atoms with E-state index in [9.17, 15) is 4.79 Å². The monoisotopic (exact) mass is 258 g/mol. The van der Waals surface area contributed by atoms with Crippen molar-refractivity contribution in [2.24, 2.45) is 5.92 Å². The van der Waals surface area contributed by atoms with E-state index in [2.05, 4.69) is 22.2 Å². The molecule has 0 radical (unpaired) electrons. The highest BCUT2D eigenvalue weighted by atomic mass is 16.2. The molecule has 1 N–H and O–H groups in total. The minimum absolute atomic E-state index is 0.0925. The number of hydrogen-bond donors (Lipinski definition) is 1. The minimum Gasteiger partial charge on any atom is -0.348 e. The molecule has 0 bridgehead atoms. The third kappa shape index (κ3) is 2.59. The largest absolute Gasteiger partial charge is 0.348 e. The number of rotatable bonds is 2. The summed E-state index contributed by atoms with van der Waals surface area (Å²) in [6.45, 7) is 2.27. The van der Waals surface area contributed by atoms with E-state index in [1.165, 1.54) is 12.8 Å². The maximum absolute atomic E-state index is 12.1. The third-order valence-electron chi connectivity index (χ3n) is 3.82. The van der Waals surface area contributed by atoms with Crippen molar-refractivity contribution in [3.8, 4) is 0 Å². The molecule has 0 atom stereocenters. The van der Waals surface area contributed by atoms with Gasteiger partial charge in [-0.1, -0.05) is 6.92 Å². The average molecular weight is 258 g/mol. The van der Waals surface area contributed by atoms with E-state index in [1.807, 2.05) is 12.3 Å². The summed E-state index contributed by atoms with van der Waals surface area (Å²) in [5.41, 5.74) is 0.442. The van der Waals surface area contributed by atoms with E-state index >= 15 is 0 Å². The van der Waals surface area contributed by atoms with Gasteiger partial charge in [0.15, 0.2) is 0 Å². The number of fused-ring (bicyclic) bond motifs is 1. The normalized spacial score (nSPS) is 23.4. The van der Waals surface area contributed by atoms with Crippen LogP contribution in [0.4, 0.5) is 0 Å². The fraction of sp³-hybridized carbons (Fsp3) is 0.500. The maximum atomic E-state index is 12.1. The smallest absolute Gasteiger partial charge is 0.271 e. The zero-order valence-corrected chi connectivity index (χ0v) is 11.0. The van der Waals surface area contributed by atoms with E-state index in [0.717, 1.165) is 18.8 Å². The number of aromatic nitrogens is 3. The van der Waals surface area contributed by atoms with Crippen molar-refractivity contribution in [1.82, 2.24) is 19.7 Å². The maximum Gasteiger partial charge on any atom is 0.271 e. The van der Waals surface area contributed by atoms with Crippen molar-refractivity contribution in [2.75, 3.05) is 0 Å². The number of imidazole rings is 1. The molecule has 0 spiro atoms. The van der Waals surface area contributed by atoms with Crippen LogP contribution in [0.3, 0.4) is 0 Å². The summed E-state index contributed by atoms with van der Waals surface area (Å²) in [7, 11) is 0. The number of nitrogens with one attached hydrogen (secondary N) is 1. The molecule has 1 saturated carbocycles. The molecule has 100 valence electrons. The summed E-state index contributed by atoms with van der Waals surface area (Å²) in [5.74, 6) is 1.25. The molecule has 5 heteroatoms. The van der Waals surface area contributed by atoms with E-state index in [4.69, 9.17) is 0 Å². The molecule has 2 aromatic heterocycles. The van der Waals surface area contributed by atoms with Gasteiger partial charge in [-0.15, -0.1) is 0 Å². The van der Waals surface area contributed by atoms with Crippen molar-refractivity contribution in [3.63, 3.8) is 0 Å². The second kappa shape index (κ2) is 4.99. The molecular weight excluding hydrogens is 240 g/mol. The molecular formula is C14H18N4O. The van der Waals surface area contributed by atoms with Gasteiger partial charge in [-0.05, 0) is 37.7 Å². The van der Waals surface area contributed by atoms with Gasteiger partial charge in [0.05, 0.1) is 0 Å². The van der Waals surface area contributed by atoms with E-state index < -0.39 is 0 Å². The van der Waals surface area contributed by atoms with Gasteiger partial charge in [0.1, 0.15) is 5.69 Å². The Morgan fingerprint density at radius 3 is 2.89 bits per heavy atom. The highest BCUT2D eigenvalue weighted by molar-refractivity contribution is 5.92. The highest BCUT2D eigenvalue weighted by Crippen LogP contribution is 2.23. The summed E-state index contributed by atoms with van der Waals surface area (Å²) in [6.07, 6.45) is 9.76. The van der Waals surface area contributed by atoms with Crippen molar-refractivity contribution in [3.05, 3.63) is 30.4 Å². The summed E-state index contributed by atoms with van der Waals surface area (Å²) < 4.78 is 1.76. The summed E-state index contributed by atoms with van der Waals surface area (Å²) in [5, 5.41) is 3.07. The molecule has 19 heavy (non-hydrogen) atoms. The Morgan fingerprint density at radius 1 is 1.37 bits per heavy atom. The predicted octanol–water partition coefficient (Wildman–Crippen LogP) is 2.04. The van der Waals surface area contributed by atoms with Crippen molar-refractivity contribution in [2.45, 2.75) is 38.6 Å². The summed E-state index contributed by atoms with van der Waals surface area (Å²) >= 11 is 0. The second-order valence-electron chi connectivity index (χ2n) is 5.38. The number of hydrogen-bond acceptors (Lipinski definition) is 3. The molecule has 0 aliphatic heterocycles. The van der Waals surface area contributed by atoms with Crippen LogP contribution in [0.1, 0.15) is 43.1 Å². The van der Waals surface area contributed by atoms with Crippen LogP contribution in [0.25, 0.3) is 5.78 Å². The quantitative estimate of drug-likeness (QED) is 0.896. The Morgan fingerprint density at radius 2 is 2.16 bits per heavy atom. The molecule has 1 aliphatic rings. The molecule has 1 amide bonds. The Balaban J connectivity index is 1.70. The number of carbonyl (C=O) groups excluding carboxylic acids is 1. The zero-order chi connectivity index (χ0) is 13.2. The number of amides is 1. The van der Waals surface area contributed by atoms with Gasteiger partial charge in [0, 0.05) is 24.6 Å². The van der Waals surface area contributed by atoms with Crippen LogP contribution in [0.5, 0.6) is 0 Å². The van der Waals surface area contributed by atoms with Gasteiger partial charge in [-0.3, -0.25) is 9.20 Å². The first-order chi connectivity index (χ1) is 9.22. The van der Waals surface area contributed by atoms with Gasteiger partial charge in [-0.25, -0.2) is 9.97 Å². The SMILES string of the molecule is CC1CCC(NC(=O)c2cn3cccnc3n2)CC1. The molecule has 0 unspecified atom stereocenters. The summed E-state index contributed by atoms with van der Waals surface area (Å²) in [6, 6.07) is 2.11. The van der Waals surface area contributed by atoms with E-state index in [1.54, 1.807) is 16.8 Å². The van der Waals surface area contributed by atoms with Crippen LogP contribution in [0, 0.1) is 5.92 Å². The topological polar surface area (TPSA) is 59.3 Å². The fourth-order valence-corrected chi connectivity index (χ4v) is 2.60.